The van der Waals surface area contributed by atoms with Crippen molar-refractivity contribution in [1.82, 2.24) is 4.90 Å². The SMILES string of the molecule is CCC(C)(CN)OC1CCN(C)C1=O. The zero-order valence-electron chi connectivity index (χ0n) is 9.25. The van der Waals surface area contributed by atoms with Crippen LogP contribution in [-0.4, -0.2) is 42.6 Å². The second kappa shape index (κ2) is 4.28. The molecular formula is C10H20N2O2. The first-order valence-corrected chi connectivity index (χ1v) is 5.15. The molecule has 0 aliphatic carbocycles. The molecule has 0 saturated carbocycles. The molecule has 0 aromatic rings. The number of rotatable bonds is 4. The molecule has 1 amide bonds. The van der Waals surface area contributed by atoms with Crippen molar-refractivity contribution < 1.29 is 9.53 Å². The van der Waals surface area contributed by atoms with Crippen LogP contribution in [0.25, 0.3) is 0 Å². The van der Waals surface area contributed by atoms with Gasteiger partial charge in [-0.3, -0.25) is 4.79 Å². The van der Waals surface area contributed by atoms with Crippen LogP contribution in [0.3, 0.4) is 0 Å². The summed E-state index contributed by atoms with van der Waals surface area (Å²) in [6.07, 6.45) is 1.33. The van der Waals surface area contributed by atoms with Crippen LogP contribution in [0.4, 0.5) is 0 Å². The van der Waals surface area contributed by atoms with E-state index in [0.29, 0.717) is 6.54 Å². The van der Waals surface area contributed by atoms with E-state index in [-0.39, 0.29) is 17.6 Å². The van der Waals surface area contributed by atoms with Crippen LogP contribution in [0.5, 0.6) is 0 Å². The Morgan fingerprint density at radius 1 is 1.71 bits per heavy atom. The van der Waals surface area contributed by atoms with E-state index in [1.54, 1.807) is 11.9 Å². The molecule has 82 valence electrons. The fourth-order valence-electron chi connectivity index (χ4n) is 1.52. The summed E-state index contributed by atoms with van der Waals surface area (Å²) in [7, 11) is 1.80. The second-order valence-electron chi connectivity index (χ2n) is 4.16. The molecule has 0 aromatic heterocycles. The summed E-state index contributed by atoms with van der Waals surface area (Å²) in [5, 5.41) is 0. The number of ether oxygens (including phenoxy) is 1. The Labute approximate surface area is 85.4 Å². The van der Waals surface area contributed by atoms with Gasteiger partial charge in [-0.25, -0.2) is 0 Å². The third-order valence-electron chi connectivity index (χ3n) is 2.98. The van der Waals surface area contributed by atoms with Gasteiger partial charge in [0.05, 0.1) is 5.60 Å². The van der Waals surface area contributed by atoms with Crippen LogP contribution >= 0.6 is 0 Å². The van der Waals surface area contributed by atoms with E-state index in [9.17, 15) is 4.79 Å². The standard InChI is InChI=1S/C10H20N2O2/c1-4-10(2,7-11)14-8-5-6-12(3)9(8)13/h8H,4-7,11H2,1-3H3. The van der Waals surface area contributed by atoms with Crippen molar-refractivity contribution in [3.8, 4) is 0 Å². The van der Waals surface area contributed by atoms with Gasteiger partial charge in [0.1, 0.15) is 6.10 Å². The van der Waals surface area contributed by atoms with Gasteiger partial charge in [-0.15, -0.1) is 0 Å². The topological polar surface area (TPSA) is 55.6 Å². The van der Waals surface area contributed by atoms with Crippen LogP contribution < -0.4 is 5.73 Å². The summed E-state index contributed by atoms with van der Waals surface area (Å²) in [4.78, 5) is 13.3. The van der Waals surface area contributed by atoms with Gasteiger partial charge < -0.3 is 15.4 Å². The summed E-state index contributed by atoms with van der Waals surface area (Å²) in [6, 6.07) is 0. The second-order valence-corrected chi connectivity index (χ2v) is 4.16. The van der Waals surface area contributed by atoms with Gasteiger partial charge >= 0.3 is 0 Å². The summed E-state index contributed by atoms with van der Waals surface area (Å²) in [5.41, 5.74) is 5.27. The van der Waals surface area contributed by atoms with Gasteiger partial charge in [-0.05, 0) is 13.3 Å². The molecule has 1 fully saturated rings. The molecule has 4 heteroatoms. The predicted molar refractivity (Wildman–Crippen MR) is 54.9 cm³/mol. The molecule has 0 radical (unpaired) electrons. The van der Waals surface area contributed by atoms with Crippen molar-refractivity contribution in [3.63, 3.8) is 0 Å². The first-order chi connectivity index (χ1) is 6.52. The molecule has 4 nitrogen and oxygen atoms in total. The highest BCUT2D eigenvalue weighted by Gasteiger charge is 2.35. The lowest BCUT2D eigenvalue weighted by Gasteiger charge is -2.29. The van der Waals surface area contributed by atoms with Crippen LogP contribution in [-0.2, 0) is 9.53 Å². The van der Waals surface area contributed by atoms with E-state index in [1.807, 2.05) is 13.8 Å². The Morgan fingerprint density at radius 2 is 2.36 bits per heavy atom. The Bertz CT molecular complexity index is 214. The molecule has 0 spiro atoms. The molecule has 2 atom stereocenters. The molecular weight excluding hydrogens is 180 g/mol. The Hall–Kier alpha value is -0.610. The molecule has 2 unspecified atom stereocenters. The van der Waals surface area contributed by atoms with Crippen LogP contribution in [0.2, 0.25) is 0 Å². The number of carbonyl (C=O) groups excluding carboxylic acids is 1. The molecule has 0 aromatic carbocycles. The van der Waals surface area contributed by atoms with E-state index in [2.05, 4.69) is 0 Å². The van der Waals surface area contributed by atoms with Crippen molar-refractivity contribution in [2.75, 3.05) is 20.1 Å². The van der Waals surface area contributed by atoms with Crippen molar-refractivity contribution in [3.05, 3.63) is 0 Å². The lowest BCUT2D eigenvalue weighted by atomic mass is 10.0. The average Bonchev–Trinajstić information content (AvgIpc) is 2.49. The molecule has 14 heavy (non-hydrogen) atoms. The molecule has 1 heterocycles. The third kappa shape index (κ3) is 2.25. The number of hydrogen-bond acceptors (Lipinski definition) is 3. The zero-order chi connectivity index (χ0) is 10.8. The lowest BCUT2D eigenvalue weighted by Crippen LogP contribution is -2.42. The predicted octanol–water partition coefficient (Wildman–Crippen LogP) is 0.361. The first-order valence-electron chi connectivity index (χ1n) is 5.15. The van der Waals surface area contributed by atoms with Gasteiger partial charge in [0, 0.05) is 26.6 Å². The smallest absolute Gasteiger partial charge is 0.251 e. The fraction of sp³-hybridized carbons (Fsp3) is 0.900. The van der Waals surface area contributed by atoms with Crippen molar-refractivity contribution in [2.24, 2.45) is 5.73 Å². The van der Waals surface area contributed by atoms with E-state index in [0.717, 1.165) is 19.4 Å². The average molecular weight is 200 g/mol. The number of nitrogens with two attached hydrogens (primary N) is 1. The Balaban J connectivity index is 2.56. The summed E-state index contributed by atoms with van der Waals surface area (Å²) in [6.45, 7) is 5.22. The number of carbonyl (C=O) groups is 1. The minimum Gasteiger partial charge on any atom is -0.361 e. The van der Waals surface area contributed by atoms with Gasteiger partial charge in [-0.1, -0.05) is 6.92 Å². The van der Waals surface area contributed by atoms with E-state index in [1.165, 1.54) is 0 Å². The highest BCUT2D eigenvalue weighted by atomic mass is 16.5. The number of amides is 1. The molecule has 1 rings (SSSR count). The fourth-order valence-corrected chi connectivity index (χ4v) is 1.52. The molecule has 1 aliphatic rings. The molecule has 1 saturated heterocycles. The number of likely N-dealkylation sites (N-methyl/N-ethyl adjacent to an activating group) is 1. The van der Waals surface area contributed by atoms with Crippen molar-refractivity contribution in [2.45, 2.75) is 38.4 Å². The highest BCUT2D eigenvalue weighted by Crippen LogP contribution is 2.22. The molecule has 2 N–H and O–H groups in total. The van der Waals surface area contributed by atoms with Crippen molar-refractivity contribution >= 4 is 5.91 Å². The van der Waals surface area contributed by atoms with E-state index in [4.69, 9.17) is 10.5 Å². The van der Waals surface area contributed by atoms with Crippen LogP contribution in [0, 0.1) is 0 Å². The normalized spacial score (nSPS) is 26.7. The Morgan fingerprint density at radius 3 is 2.71 bits per heavy atom. The monoisotopic (exact) mass is 200 g/mol. The van der Waals surface area contributed by atoms with Crippen LogP contribution in [0.15, 0.2) is 0 Å². The summed E-state index contributed by atoms with van der Waals surface area (Å²) in [5.74, 6) is 0.0816. The van der Waals surface area contributed by atoms with Gasteiger partial charge in [0.25, 0.3) is 5.91 Å². The maximum atomic E-state index is 11.6. The lowest BCUT2D eigenvalue weighted by molar-refractivity contribution is -0.146. The zero-order valence-corrected chi connectivity index (χ0v) is 9.25. The molecule has 0 bridgehead atoms. The Kier molecular flexibility index (Phi) is 3.50. The van der Waals surface area contributed by atoms with Gasteiger partial charge in [0.2, 0.25) is 0 Å². The van der Waals surface area contributed by atoms with E-state index < -0.39 is 0 Å². The third-order valence-corrected chi connectivity index (χ3v) is 2.98. The van der Waals surface area contributed by atoms with Gasteiger partial charge in [0.15, 0.2) is 0 Å². The maximum absolute atomic E-state index is 11.6. The van der Waals surface area contributed by atoms with Crippen molar-refractivity contribution in [1.29, 1.82) is 0 Å². The largest absolute Gasteiger partial charge is 0.361 e. The number of hydrogen-bond donors (Lipinski definition) is 1. The number of likely N-dealkylation sites (tertiary alicyclic amines) is 1. The summed E-state index contributed by atoms with van der Waals surface area (Å²) >= 11 is 0. The summed E-state index contributed by atoms with van der Waals surface area (Å²) < 4.78 is 5.76. The maximum Gasteiger partial charge on any atom is 0.251 e. The highest BCUT2D eigenvalue weighted by molar-refractivity contribution is 5.82. The number of nitrogens with zero attached hydrogens (tertiary/aromatic N) is 1. The first kappa shape index (κ1) is 11.5. The molecule has 1 aliphatic heterocycles. The minimum atomic E-state index is -0.356. The minimum absolute atomic E-state index is 0.0816. The van der Waals surface area contributed by atoms with Crippen LogP contribution in [0.1, 0.15) is 26.7 Å². The van der Waals surface area contributed by atoms with Gasteiger partial charge in [-0.2, -0.15) is 0 Å². The quantitative estimate of drug-likeness (QED) is 0.713. The van der Waals surface area contributed by atoms with E-state index >= 15 is 0 Å².